The molecule has 0 bridgehead atoms. The Labute approximate surface area is 112 Å². The Hall–Kier alpha value is -1.04. The van der Waals surface area contributed by atoms with Crippen molar-refractivity contribution in [1.29, 1.82) is 0 Å². The number of thioether (sulfide) groups is 1. The number of ketones is 1. The van der Waals surface area contributed by atoms with Crippen molar-refractivity contribution >= 4 is 29.4 Å². The van der Waals surface area contributed by atoms with Crippen LogP contribution in [0.2, 0.25) is 0 Å². The third-order valence-corrected chi connectivity index (χ3v) is 3.19. The molecule has 6 heteroatoms. The van der Waals surface area contributed by atoms with Crippen LogP contribution in [0, 0.1) is 5.92 Å². The van der Waals surface area contributed by atoms with Crippen molar-refractivity contribution in [3.05, 3.63) is 0 Å². The predicted octanol–water partition coefficient (Wildman–Crippen LogP) is 0.585. The summed E-state index contributed by atoms with van der Waals surface area (Å²) in [7, 11) is 0. The van der Waals surface area contributed by atoms with Gasteiger partial charge in [-0.15, -0.1) is 11.8 Å². The van der Waals surface area contributed by atoms with Gasteiger partial charge in [0, 0.05) is 5.92 Å². The zero-order valence-electron chi connectivity index (χ0n) is 11.4. The van der Waals surface area contributed by atoms with E-state index in [4.69, 9.17) is 0 Å². The van der Waals surface area contributed by atoms with Crippen LogP contribution >= 0.6 is 11.8 Å². The zero-order chi connectivity index (χ0) is 14.1. The minimum atomic E-state index is -0.341. The van der Waals surface area contributed by atoms with Crippen molar-refractivity contribution in [3.63, 3.8) is 0 Å². The SMILES string of the molecule is CC(C)SCC(=O)NCC(=O)NCC(=O)C(C)C. The number of carbonyl (C=O) groups is 3. The third-order valence-electron chi connectivity index (χ3n) is 2.10. The van der Waals surface area contributed by atoms with E-state index in [1.807, 2.05) is 13.8 Å². The summed E-state index contributed by atoms with van der Waals surface area (Å²) in [6.45, 7) is 7.50. The van der Waals surface area contributed by atoms with Crippen molar-refractivity contribution in [2.75, 3.05) is 18.8 Å². The van der Waals surface area contributed by atoms with Gasteiger partial charge in [-0.05, 0) is 5.25 Å². The molecule has 0 saturated carbocycles. The number of nitrogens with one attached hydrogen (secondary N) is 2. The van der Waals surface area contributed by atoms with Gasteiger partial charge < -0.3 is 10.6 Å². The standard InChI is InChI=1S/C12H22N2O3S/c1-8(2)10(15)5-13-11(16)6-14-12(17)7-18-9(3)4/h8-9H,5-7H2,1-4H3,(H,13,16)(H,14,17). The minimum Gasteiger partial charge on any atom is -0.347 e. The summed E-state index contributed by atoms with van der Waals surface area (Å²) >= 11 is 1.52. The molecule has 0 aromatic heterocycles. The van der Waals surface area contributed by atoms with E-state index in [-0.39, 0.29) is 36.6 Å². The molecular formula is C12H22N2O3S. The Balaban J connectivity index is 3.70. The smallest absolute Gasteiger partial charge is 0.239 e. The third kappa shape index (κ3) is 9.04. The Morgan fingerprint density at radius 3 is 2.00 bits per heavy atom. The molecule has 0 aliphatic carbocycles. The highest BCUT2D eigenvalue weighted by Gasteiger charge is 2.10. The number of hydrogen-bond acceptors (Lipinski definition) is 4. The molecule has 0 atom stereocenters. The lowest BCUT2D eigenvalue weighted by atomic mass is 10.1. The number of amides is 2. The lowest BCUT2D eigenvalue weighted by Crippen LogP contribution is -2.40. The fourth-order valence-electron chi connectivity index (χ4n) is 0.925. The van der Waals surface area contributed by atoms with E-state index < -0.39 is 0 Å². The van der Waals surface area contributed by atoms with Gasteiger partial charge >= 0.3 is 0 Å². The molecule has 0 aromatic carbocycles. The summed E-state index contributed by atoms with van der Waals surface area (Å²) in [5, 5.41) is 5.36. The Kier molecular flexibility index (Phi) is 8.45. The second kappa shape index (κ2) is 8.97. The molecule has 0 fully saturated rings. The number of hydrogen-bond donors (Lipinski definition) is 2. The lowest BCUT2D eigenvalue weighted by molar-refractivity contribution is -0.127. The quantitative estimate of drug-likeness (QED) is 0.679. The molecule has 0 radical (unpaired) electrons. The maximum atomic E-state index is 11.3. The number of rotatable bonds is 8. The first-order valence-corrected chi connectivity index (χ1v) is 7.05. The average Bonchev–Trinajstić information content (AvgIpc) is 2.30. The van der Waals surface area contributed by atoms with Gasteiger partial charge in [0.05, 0.1) is 18.8 Å². The van der Waals surface area contributed by atoms with Gasteiger partial charge in [0.15, 0.2) is 5.78 Å². The second-order valence-corrected chi connectivity index (χ2v) is 6.10. The fourth-order valence-corrected chi connectivity index (χ4v) is 1.51. The summed E-state index contributed by atoms with van der Waals surface area (Å²) in [4.78, 5) is 33.9. The first kappa shape index (κ1) is 17.0. The molecule has 0 unspecified atom stereocenters. The van der Waals surface area contributed by atoms with Crippen LogP contribution in [0.5, 0.6) is 0 Å². The summed E-state index contributed by atoms with van der Waals surface area (Å²) in [6.07, 6.45) is 0. The van der Waals surface area contributed by atoms with E-state index in [1.165, 1.54) is 11.8 Å². The molecule has 2 N–H and O–H groups in total. The molecule has 0 heterocycles. The molecule has 18 heavy (non-hydrogen) atoms. The van der Waals surface area contributed by atoms with E-state index in [0.717, 1.165) is 0 Å². The summed E-state index contributed by atoms with van der Waals surface area (Å²) < 4.78 is 0. The van der Waals surface area contributed by atoms with Gasteiger partial charge in [-0.2, -0.15) is 0 Å². The molecule has 5 nitrogen and oxygen atoms in total. The van der Waals surface area contributed by atoms with Crippen molar-refractivity contribution < 1.29 is 14.4 Å². The van der Waals surface area contributed by atoms with Crippen LogP contribution in [0.4, 0.5) is 0 Å². The molecule has 104 valence electrons. The van der Waals surface area contributed by atoms with Gasteiger partial charge in [-0.25, -0.2) is 0 Å². The van der Waals surface area contributed by atoms with Gasteiger partial charge in [0.1, 0.15) is 0 Å². The highest BCUT2D eigenvalue weighted by molar-refractivity contribution is 8.00. The summed E-state index contributed by atoms with van der Waals surface area (Å²) in [5.74, 6) is -0.283. The number of Topliss-reactive ketones (excluding diaryl/α,β-unsaturated/α-hetero) is 1. The molecule has 0 rings (SSSR count). The first-order chi connectivity index (χ1) is 8.32. The van der Waals surface area contributed by atoms with Crippen LogP contribution < -0.4 is 10.6 Å². The van der Waals surface area contributed by atoms with E-state index in [9.17, 15) is 14.4 Å². The largest absolute Gasteiger partial charge is 0.347 e. The van der Waals surface area contributed by atoms with Crippen LogP contribution in [-0.4, -0.2) is 41.7 Å². The summed E-state index contributed by atoms with van der Waals surface area (Å²) in [6, 6.07) is 0. The molecule has 0 aliphatic rings. The van der Waals surface area contributed by atoms with Gasteiger partial charge in [-0.3, -0.25) is 14.4 Å². The van der Waals surface area contributed by atoms with Crippen LogP contribution in [0.15, 0.2) is 0 Å². The molecule has 0 saturated heterocycles. The van der Waals surface area contributed by atoms with Crippen molar-refractivity contribution in [2.45, 2.75) is 32.9 Å². The fraction of sp³-hybridized carbons (Fsp3) is 0.750. The maximum absolute atomic E-state index is 11.3. The highest BCUT2D eigenvalue weighted by atomic mass is 32.2. The van der Waals surface area contributed by atoms with E-state index in [1.54, 1.807) is 13.8 Å². The van der Waals surface area contributed by atoms with Crippen LogP contribution in [0.25, 0.3) is 0 Å². The molecule has 2 amide bonds. The molecule has 0 aliphatic heterocycles. The van der Waals surface area contributed by atoms with Gasteiger partial charge in [-0.1, -0.05) is 27.7 Å². The first-order valence-electron chi connectivity index (χ1n) is 6.00. The Morgan fingerprint density at radius 1 is 0.944 bits per heavy atom. The van der Waals surface area contributed by atoms with Gasteiger partial charge in [0.25, 0.3) is 0 Å². The topological polar surface area (TPSA) is 75.3 Å². The highest BCUT2D eigenvalue weighted by Crippen LogP contribution is 2.07. The van der Waals surface area contributed by atoms with E-state index >= 15 is 0 Å². The van der Waals surface area contributed by atoms with E-state index in [0.29, 0.717) is 11.0 Å². The molecular weight excluding hydrogens is 252 g/mol. The van der Waals surface area contributed by atoms with Crippen LogP contribution in [-0.2, 0) is 14.4 Å². The van der Waals surface area contributed by atoms with Crippen molar-refractivity contribution in [3.8, 4) is 0 Å². The maximum Gasteiger partial charge on any atom is 0.239 e. The average molecular weight is 274 g/mol. The predicted molar refractivity (Wildman–Crippen MR) is 73.5 cm³/mol. The zero-order valence-corrected chi connectivity index (χ0v) is 12.2. The minimum absolute atomic E-state index is 0.0209. The van der Waals surface area contributed by atoms with Crippen molar-refractivity contribution in [1.82, 2.24) is 10.6 Å². The molecule has 0 spiro atoms. The second-order valence-electron chi connectivity index (χ2n) is 4.53. The van der Waals surface area contributed by atoms with Crippen LogP contribution in [0.3, 0.4) is 0 Å². The normalized spacial score (nSPS) is 10.6. The monoisotopic (exact) mass is 274 g/mol. The van der Waals surface area contributed by atoms with Crippen molar-refractivity contribution in [2.24, 2.45) is 5.92 Å². The van der Waals surface area contributed by atoms with Gasteiger partial charge in [0.2, 0.25) is 11.8 Å². The Morgan fingerprint density at radius 2 is 1.50 bits per heavy atom. The number of carbonyl (C=O) groups excluding carboxylic acids is 3. The van der Waals surface area contributed by atoms with E-state index in [2.05, 4.69) is 10.6 Å². The molecule has 0 aromatic rings. The van der Waals surface area contributed by atoms with Crippen LogP contribution in [0.1, 0.15) is 27.7 Å². The lowest BCUT2D eigenvalue weighted by Gasteiger charge is -2.08. The summed E-state index contributed by atoms with van der Waals surface area (Å²) in [5.41, 5.74) is 0. The Bertz CT molecular complexity index is 304.